The van der Waals surface area contributed by atoms with Crippen LogP contribution in [-0.2, 0) is 11.3 Å². The molecule has 1 aliphatic rings. The van der Waals surface area contributed by atoms with E-state index >= 15 is 0 Å². The predicted molar refractivity (Wildman–Crippen MR) is 63.5 cm³/mol. The second-order valence-electron chi connectivity index (χ2n) is 3.69. The number of alkyl halides is 1. The minimum Gasteiger partial charge on any atom is -0.368 e. The number of rotatable bonds is 2. The number of amides is 1. The summed E-state index contributed by atoms with van der Waals surface area (Å²) in [6.07, 6.45) is 2.15. The van der Waals surface area contributed by atoms with E-state index in [0.29, 0.717) is 25.4 Å². The summed E-state index contributed by atoms with van der Waals surface area (Å²) >= 11 is 5.58. The van der Waals surface area contributed by atoms with Gasteiger partial charge in [0.15, 0.2) is 0 Å². The average molecular weight is 240 g/mol. The maximum Gasteiger partial charge on any atom is 0.224 e. The molecule has 4 nitrogen and oxygen atoms in total. The molecule has 2 rings (SSSR count). The van der Waals surface area contributed by atoms with Crippen molar-refractivity contribution in [3.05, 3.63) is 23.9 Å². The molecule has 0 unspecified atom stereocenters. The monoisotopic (exact) mass is 239 g/mol. The lowest BCUT2D eigenvalue weighted by Crippen LogP contribution is -2.32. The van der Waals surface area contributed by atoms with Crippen LogP contribution in [0.4, 0.5) is 5.82 Å². The summed E-state index contributed by atoms with van der Waals surface area (Å²) in [6, 6.07) is 3.87. The number of aromatic nitrogens is 1. The molecule has 0 saturated carbocycles. The summed E-state index contributed by atoms with van der Waals surface area (Å²) in [5.41, 5.74) is 1.06. The SMILES string of the molecule is O=C(CCCl)N1CCNc2ncccc2C1. The van der Waals surface area contributed by atoms with Crippen molar-refractivity contribution in [1.82, 2.24) is 9.88 Å². The van der Waals surface area contributed by atoms with E-state index in [-0.39, 0.29) is 5.91 Å². The van der Waals surface area contributed by atoms with Crippen molar-refractivity contribution in [2.75, 3.05) is 24.3 Å². The molecular formula is C11H14ClN3O. The van der Waals surface area contributed by atoms with E-state index in [9.17, 15) is 4.79 Å². The van der Waals surface area contributed by atoms with Crippen molar-refractivity contribution in [1.29, 1.82) is 0 Å². The molecule has 0 aliphatic carbocycles. The Hall–Kier alpha value is -1.29. The number of fused-ring (bicyclic) bond motifs is 1. The van der Waals surface area contributed by atoms with Crippen molar-refractivity contribution < 1.29 is 4.79 Å². The first kappa shape index (κ1) is 11.2. The van der Waals surface area contributed by atoms with E-state index < -0.39 is 0 Å². The van der Waals surface area contributed by atoms with Crippen LogP contribution in [0.3, 0.4) is 0 Å². The smallest absolute Gasteiger partial charge is 0.224 e. The number of hydrogen-bond donors (Lipinski definition) is 1. The Morgan fingerprint density at radius 1 is 1.62 bits per heavy atom. The molecule has 1 aromatic rings. The van der Waals surface area contributed by atoms with Gasteiger partial charge in [-0.2, -0.15) is 0 Å². The van der Waals surface area contributed by atoms with E-state index in [1.807, 2.05) is 17.0 Å². The average Bonchev–Trinajstić information content (AvgIpc) is 2.51. The number of halogens is 1. The number of hydrogen-bond acceptors (Lipinski definition) is 3. The van der Waals surface area contributed by atoms with Gasteiger partial charge in [0, 0.05) is 43.7 Å². The van der Waals surface area contributed by atoms with Crippen molar-refractivity contribution >= 4 is 23.3 Å². The molecule has 5 heteroatoms. The topological polar surface area (TPSA) is 45.2 Å². The summed E-state index contributed by atoms with van der Waals surface area (Å²) in [4.78, 5) is 17.8. The molecule has 86 valence electrons. The molecule has 0 atom stereocenters. The summed E-state index contributed by atoms with van der Waals surface area (Å²) in [7, 11) is 0. The van der Waals surface area contributed by atoms with Crippen molar-refractivity contribution in [3.8, 4) is 0 Å². The number of anilines is 1. The predicted octanol–water partition coefficient (Wildman–Crippen LogP) is 1.46. The van der Waals surface area contributed by atoms with Gasteiger partial charge in [-0.3, -0.25) is 4.79 Å². The fraction of sp³-hybridized carbons (Fsp3) is 0.455. The number of pyridine rings is 1. The highest BCUT2D eigenvalue weighted by atomic mass is 35.5. The Morgan fingerprint density at radius 3 is 3.31 bits per heavy atom. The molecule has 1 amide bonds. The third kappa shape index (κ3) is 2.44. The number of carbonyl (C=O) groups excluding carboxylic acids is 1. The molecule has 0 aromatic carbocycles. The third-order valence-electron chi connectivity index (χ3n) is 2.59. The van der Waals surface area contributed by atoms with Gasteiger partial charge in [0.1, 0.15) is 5.82 Å². The van der Waals surface area contributed by atoms with Crippen LogP contribution in [0.5, 0.6) is 0 Å². The van der Waals surface area contributed by atoms with Gasteiger partial charge in [-0.15, -0.1) is 11.6 Å². The molecule has 0 spiro atoms. The van der Waals surface area contributed by atoms with E-state index in [1.165, 1.54) is 0 Å². The van der Waals surface area contributed by atoms with Crippen LogP contribution in [0.25, 0.3) is 0 Å². The highest BCUT2D eigenvalue weighted by Gasteiger charge is 2.18. The minimum absolute atomic E-state index is 0.105. The first-order valence-corrected chi connectivity index (χ1v) is 5.86. The zero-order chi connectivity index (χ0) is 11.4. The Balaban J connectivity index is 2.13. The first-order chi connectivity index (χ1) is 7.81. The van der Waals surface area contributed by atoms with Gasteiger partial charge in [-0.25, -0.2) is 4.98 Å². The Morgan fingerprint density at radius 2 is 2.50 bits per heavy atom. The Kier molecular flexibility index (Phi) is 3.62. The summed E-state index contributed by atoms with van der Waals surface area (Å²) in [6.45, 7) is 2.05. The Labute approximate surface area is 99.6 Å². The lowest BCUT2D eigenvalue weighted by Gasteiger charge is -2.19. The van der Waals surface area contributed by atoms with Gasteiger partial charge >= 0.3 is 0 Å². The molecule has 1 aromatic heterocycles. The molecule has 0 bridgehead atoms. The summed E-state index contributed by atoms with van der Waals surface area (Å²) in [5.74, 6) is 1.36. The van der Waals surface area contributed by atoms with Crippen LogP contribution in [0.2, 0.25) is 0 Å². The highest BCUT2D eigenvalue weighted by molar-refractivity contribution is 6.18. The van der Waals surface area contributed by atoms with Crippen LogP contribution < -0.4 is 5.32 Å². The van der Waals surface area contributed by atoms with Crippen LogP contribution in [0.15, 0.2) is 18.3 Å². The first-order valence-electron chi connectivity index (χ1n) is 5.33. The summed E-state index contributed by atoms with van der Waals surface area (Å²) < 4.78 is 0. The molecule has 0 saturated heterocycles. The normalized spacial score (nSPS) is 14.9. The molecule has 16 heavy (non-hydrogen) atoms. The zero-order valence-electron chi connectivity index (χ0n) is 8.95. The van der Waals surface area contributed by atoms with Gasteiger partial charge in [-0.1, -0.05) is 6.07 Å². The van der Waals surface area contributed by atoms with Crippen molar-refractivity contribution in [2.45, 2.75) is 13.0 Å². The molecule has 1 N–H and O–H groups in total. The van der Waals surface area contributed by atoms with Crippen LogP contribution in [0.1, 0.15) is 12.0 Å². The van der Waals surface area contributed by atoms with Gasteiger partial charge in [0.2, 0.25) is 5.91 Å². The number of nitrogens with one attached hydrogen (secondary N) is 1. The van der Waals surface area contributed by atoms with Crippen molar-refractivity contribution in [3.63, 3.8) is 0 Å². The standard InChI is InChI=1S/C11H14ClN3O/c12-4-3-10(16)15-7-6-14-11-9(8-15)2-1-5-13-11/h1-2,5H,3-4,6-8H2,(H,13,14). The van der Waals surface area contributed by atoms with E-state index in [0.717, 1.165) is 17.9 Å². The minimum atomic E-state index is 0.105. The molecule has 1 aliphatic heterocycles. The van der Waals surface area contributed by atoms with Crippen LogP contribution in [-0.4, -0.2) is 34.8 Å². The Bertz CT molecular complexity index is 383. The second-order valence-corrected chi connectivity index (χ2v) is 4.07. The van der Waals surface area contributed by atoms with Crippen LogP contribution >= 0.6 is 11.6 Å². The fourth-order valence-electron chi connectivity index (χ4n) is 1.77. The maximum absolute atomic E-state index is 11.8. The second kappa shape index (κ2) is 5.16. The quantitative estimate of drug-likeness (QED) is 0.795. The van der Waals surface area contributed by atoms with E-state index in [2.05, 4.69) is 10.3 Å². The summed E-state index contributed by atoms with van der Waals surface area (Å²) in [5, 5.41) is 3.21. The largest absolute Gasteiger partial charge is 0.368 e. The lowest BCUT2D eigenvalue weighted by molar-refractivity contribution is -0.131. The molecular weight excluding hydrogens is 226 g/mol. The van der Waals surface area contributed by atoms with Gasteiger partial charge < -0.3 is 10.2 Å². The maximum atomic E-state index is 11.8. The van der Waals surface area contributed by atoms with Gasteiger partial charge in [0.05, 0.1) is 0 Å². The molecule has 0 fully saturated rings. The van der Waals surface area contributed by atoms with E-state index in [1.54, 1.807) is 6.20 Å². The van der Waals surface area contributed by atoms with Crippen LogP contribution in [0, 0.1) is 0 Å². The molecule has 2 heterocycles. The fourth-order valence-corrected chi connectivity index (χ4v) is 1.93. The number of carbonyl (C=O) groups is 1. The zero-order valence-corrected chi connectivity index (χ0v) is 9.70. The van der Waals surface area contributed by atoms with E-state index in [4.69, 9.17) is 11.6 Å². The van der Waals surface area contributed by atoms with Crippen molar-refractivity contribution in [2.24, 2.45) is 0 Å². The number of nitrogens with zero attached hydrogens (tertiary/aromatic N) is 2. The third-order valence-corrected chi connectivity index (χ3v) is 2.78. The van der Waals surface area contributed by atoms with Gasteiger partial charge in [-0.05, 0) is 6.07 Å². The lowest BCUT2D eigenvalue weighted by atomic mass is 10.2. The highest BCUT2D eigenvalue weighted by Crippen LogP contribution is 2.17. The van der Waals surface area contributed by atoms with Gasteiger partial charge in [0.25, 0.3) is 0 Å². The molecule has 0 radical (unpaired) electrons.